The van der Waals surface area contributed by atoms with Gasteiger partial charge in [0.1, 0.15) is 5.92 Å². The number of nitrogens with zero attached hydrogens (tertiary/aromatic N) is 2. The van der Waals surface area contributed by atoms with E-state index in [2.05, 4.69) is 15.9 Å². The van der Waals surface area contributed by atoms with Crippen molar-refractivity contribution in [1.82, 2.24) is 9.80 Å². The number of carboxylic acid groups (broad SMARTS) is 1. The van der Waals surface area contributed by atoms with Gasteiger partial charge in [0.2, 0.25) is 5.91 Å². The number of thiophene rings is 1. The molecule has 2 fully saturated rings. The molecular weight excluding hydrogens is 408 g/mol. The summed E-state index contributed by atoms with van der Waals surface area (Å²) >= 11 is 4.94. The van der Waals surface area contributed by atoms with E-state index < -0.39 is 17.6 Å². The van der Waals surface area contributed by atoms with Crippen molar-refractivity contribution in [1.29, 1.82) is 0 Å². The first-order valence-corrected chi connectivity index (χ1v) is 10.3. The minimum absolute atomic E-state index is 0.0798. The minimum atomic E-state index is -1.01. The Morgan fingerprint density at radius 1 is 1.08 bits per heavy atom. The maximum atomic E-state index is 13.3. The van der Waals surface area contributed by atoms with Crippen LogP contribution in [-0.2, 0) is 4.79 Å². The van der Waals surface area contributed by atoms with Gasteiger partial charge in [0.25, 0.3) is 0 Å². The normalized spacial score (nSPS) is 21.8. The summed E-state index contributed by atoms with van der Waals surface area (Å²) in [6.07, 6.45) is 3.27. The molecule has 1 aromatic heterocycles. The molecule has 138 valence electrons. The highest BCUT2D eigenvalue weighted by atomic mass is 79.9. The third kappa shape index (κ3) is 4.01. The number of rotatable bonds is 3. The molecule has 0 radical (unpaired) electrons. The molecule has 1 atom stereocenters. The topological polar surface area (TPSA) is 81.1 Å². The zero-order valence-corrected chi connectivity index (χ0v) is 16.4. The Labute approximate surface area is 159 Å². The van der Waals surface area contributed by atoms with Crippen LogP contribution in [0.15, 0.2) is 15.9 Å². The zero-order valence-electron chi connectivity index (χ0n) is 14.0. The predicted molar refractivity (Wildman–Crippen MR) is 99.0 cm³/mol. The van der Waals surface area contributed by atoms with Gasteiger partial charge in [-0.1, -0.05) is 19.3 Å². The first-order chi connectivity index (χ1) is 11.9. The highest BCUT2D eigenvalue weighted by Crippen LogP contribution is 2.44. The molecule has 6 nitrogen and oxygen atoms in total. The van der Waals surface area contributed by atoms with Crippen LogP contribution in [0.4, 0.5) is 4.79 Å². The third-order valence-corrected chi connectivity index (χ3v) is 6.93. The standard InChI is InChI=1S/C17H23BrN2O4S/c18-13-5-4-12(25-13)14(17(24)6-2-1-3-7-17)15(21)19-8-10-20(11-9-19)16(22)23/h4-5,14,24H,1-3,6-11H2,(H,22,23). The number of carbonyl (C=O) groups is 2. The summed E-state index contributed by atoms with van der Waals surface area (Å²) in [5.41, 5.74) is -1.01. The molecule has 8 heteroatoms. The van der Waals surface area contributed by atoms with Crippen molar-refractivity contribution in [3.63, 3.8) is 0 Å². The molecule has 1 aliphatic carbocycles. The molecule has 2 amide bonds. The van der Waals surface area contributed by atoms with Crippen molar-refractivity contribution in [2.24, 2.45) is 0 Å². The fraction of sp³-hybridized carbons (Fsp3) is 0.647. The lowest BCUT2D eigenvalue weighted by Crippen LogP contribution is -2.54. The first kappa shape index (κ1) is 18.7. The summed E-state index contributed by atoms with van der Waals surface area (Å²) < 4.78 is 0.940. The quantitative estimate of drug-likeness (QED) is 0.771. The smallest absolute Gasteiger partial charge is 0.407 e. The molecule has 1 aliphatic heterocycles. The lowest BCUT2D eigenvalue weighted by atomic mass is 9.74. The van der Waals surface area contributed by atoms with Gasteiger partial charge in [0.15, 0.2) is 0 Å². The molecule has 3 rings (SSSR count). The maximum absolute atomic E-state index is 13.3. The van der Waals surface area contributed by atoms with E-state index in [1.165, 1.54) is 16.2 Å². The van der Waals surface area contributed by atoms with Crippen LogP contribution in [-0.4, -0.2) is 63.8 Å². The van der Waals surface area contributed by atoms with Crippen LogP contribution in [0.2, 0.25) is 0 Å². The van der Waals surface area contributed by atoms with Gasteiger partial charge >= 0.3 is 6.09 Å². The van der Waals surface area contributed by atoms with Gasteiger partial charge in [0.05, 0.1) is 9.39 Å². The monoisotopic (exact) mass is 430 g/mol. The third-order valence-electron chi connectivity index (χ3n) is 5.24. The van der Waals surface area contributed by atoms with E-state index in [-0.39, 0.29) is 5.91 Å². The van der Waals surface area contributed by atoms with Gasteiger partial charge in [-0.3, -0.25) is 4.79 Å². The Kier molecular flexibility index (Phi) is 5.70. The number of hydrogen-bond donors (Lipinski definition) is 2. The van der Waals surface area contributed by atoms with Crippen LogP contribution < -0.4 is 0 Å². The van der Waals surface area contributed by atoms with Crippen molar-refractivity contribution in [3.05, 3.63) is 20.8 Å². The van der Waals surface area contributed by atoms with Crippen LogP contribution in [0.1, 0.15) is 42.9 Å². The molecule has 1 saturated carbocycles. The number of halogens is 1. The molecule has 0 aromatic carbocycles. The highest BCUT2D eigenvalue weighted by Gasteiger charge is 2.45. The van der Waals surface area contributed by atoms with Crippen molar-refractivity contribution in [2.75, 3.05) is 26.2 Å². The van der Waals surface area contributed by atoms with E-state index in [1.54, 1.807) is 4.90 Å². The van der Waals surface area contributed by atoms with Crippen LogP contribution in [0, 0.1) is 0 Å². The first-order valence-electron chi connectivity index (χ1n) is 8.65. The number of carbonyl (C=O) groups excluding carboxylic acids is 1. The van der Waals surface area contributed by atoms with E-state index in [0.29, 0.717) is 39.0 Å². The lowest BCUT2D eigenvalue weighted by Gasteiger charge is -2.42. The summed E-state index contributed by atoms with van der Waals surface area (Å²) in [4.78, 5) is 28.3. The largest absolute Gasteiger partial charge is 0.465 e. The number of amides is 2. The van der Waals surface area contributed by atoms with Crippen LogP contribution >= 0.6 is 27.3 Å². The number of hydrogen-bond acceptors (Lipinski definition) is 4. The lowest BCUT2D eigenvalue weighted by molar-refractivity contribution is -0.143. The van der Waals surface area contributed by atoms with Gasteiger partial charge in [-0.15, -0.1) is 11.3 Å². The molecule has 0 spiro atoms. The summed E-state index contributed by atoms with van der Waals surface area (Å²) in [5, 5.41) is 20.4. The molecule has 1 unspecified atom stereocenters. The van der Waals surface area contributed by atoms with Gasteiger partial charge in [0, 0.05) is 31.1 Å². The average Bonchev–Trinajstić information content (AvgIpc) is 3.01. The Hall–Kier alpha value is -1.12. The van der Waals surface area contributed by atoms with E-state index in [0.717, 1.165) is 27.9 Å². The summed E-state index contributed by atoms with van der Waals surface area (Å²) in [5.74, 6) is -0.649. The Balaban J connectivity index is 1.82. The van der Waals surface area contributed by atoms with E-state index in [1.807, 2.05) is 12.1 Å². The van der Waals surface area contributed by atoms with Crippen LogP contribution in [0.3, 0.4) is 0 Å². The number of aliphatic hydroxyl groups is 1. The van der Waals surface area contributed by atoms with E-state index >= 15 is 0 Å². The highest BCUT2D eigenvalue weighted by molar-refractivity contribution is 9.11. The predicted octanol–water partition coefficient (Wildman–Crippen LogP) is 3.11. The average molecular weight is 431 g/mol. The molecule has 1 aromatic rings. The van der Waals surface area contributed by atoms with Crippen molar-refractivity contribution in [2.45, 2.75) is 43.6 Å². The molecule has 25 heavy (non-hydrogen) atoms. The zero-order chi connectivity index (χ0) is 18.0. The van der Waals surface area contributed by atoms with Crippen molar-refractivity contribution < 1.29 is 19.8 Å². The van der Waals surface area contributed by atoms with Gasteiger partial charge in [-0.05, 0) is 40.9 Å². The SMILES string of the molecule is O=C(O)N1CCN(C(=O)C(c2ccc(Br)s2)C2(O)CCCCC2)CC1. The summed E-state index contributed by atoms with van der Waals surface area (Å²) in [7, 11) is 0. The van der Waals surface area contributed by atoms with Crippen LogP contribution in [0.25, 0.3) is 0 Å². The fourth-order valence-corrected chi connectivity index (χ4v) is 5.48. The van der Waals surface area contributed by atoms with E-state index in [9.17, 15) is 14.7 Å². The minimum Gasteiger partial charge on any atom is -0.465 e. The maximum Gasteiger partial charge on any atom is 0.407 e. The van der Waals surface area contributed by atoms with Crippen molar-refractivity contribution >= 4 is 39.3 Å². The molecule has 0 bridgehead atoms. The Morgan fingerprint density at radius 3 is 2.20 bits per heavy atom. The van der Waals surface area contributed by atoms with Crippen molar-refractivity contribution in [3.8, 4) is 0 Å². The molecule has 1 saturated heterocycles. The van der Waals surface area contributed by atoms with E-state index in [4.69, 9.17) is 5.11 Å². The second-order valence-electron chi connectivity index (χ2n) is 6.83. The van der Waals surface area contributed by atoms with Gasteiger partial charge < -0.3 is 20.0 Å². The second kappa shape index (κ2) is 7.63. The molecule has 2 N–H and O–H groups in total. The summed E-state index contributed by atoms with van der Waals surface area (Å²) in [6, 6.07) is 3.83. The van der Waals surface area contributed by atoms with Gasteiger partial charge in [-0.25, -0.2) is 4.79 Å². The summed E-state index contributed by atoms with van der Waals surface area (Å²) in [6.45, 7) is 1.40. The Morgan fingerprint density at radius 2 is 1.68 bits per heavy atom. The fourth-order valence-electron chi connectivity index (χ4n) is 3.85. The number of piperazine rings is 1. The Bertz CT molecular complexity index is 636. The van der Waals surface area contributed by atoms with Crippen LogP contribution in [0.5, 0.6) is 0 Å². The molecule has 2 aliphatic rings. The molecule has 2 heterocycles. The van der Waals surface area contributed by atoms with Gasteiger partial charge in [-0.2, -0.15) is 0 Å². The molecular formula is C17H23BrN2O4S. The second-order valence-corrected chi connectivity index (χ2v) is 9.33.